The average molecular weight is 311 g/mol. The SMILES string of the molecule is O=S(=O)(Cc1ccccc1)N1CCCCC1C1OCCO1. The molecule has 5 nitrogen and oxygen atoms in total. The number of sulfonamides is 1. The van der Waals surface area contributed by atoms with Crippen LogP contribution in [0, 0.1) is 0 Å². The van der Waals surface area contributed by atoms with Gasteiger partial charge in [-0.15, -0.1) is 0 Å². The summed E-state index contributed by atoms with van der Waals surface area (Å²) in [6, 6.07) is 9.12. The highest BCUT2D eigenvalue weighted by atomic mass is 32.2. The highest BCUT2D eigenvalue weighted by molar-refractivity contribution is 7.88. The van der Waals surface area contributed by atoms with Crippen LogP contribution in [0.5, 0.6) is 0 Å². The van der Waals surface area contributed by atoms with Crippen molar-refractivity contribution in [2.75, 3.05) is 19.8 Å². The van der Waals surface area contributed by atoms with Gasteiger partial charge in [0, 0.05) is 6.54 Å². The van der Waals surface area contributed by atoms with Gasteiger partial charge in [-0.2, -0.15) is 4.31 Å². The van der Waals surface area contributed by atoms with Crippen LogP contribution in [0.25, 0.3) is 0 Å². The van der Waals surface area contributed by atoms with Gasteiger partial charge in [0.2, 0.25) is 10.0 Å². The van der Waals surface area contributed by atoms with Gasteiger partial charge >= 0.3 is 0 Å². The third-order valence-electron chi connectivity index (χ3n) is 4.01. The second-order valence-corrected chi connectivity index (χ2v) is 7.45. The lowest BCUT2D eigenvalue weighted by Crippen LogP contribution is -2.50. The van der Waals surface area contributed by atoms with Crippen LogP contribution in [0.3, 0.4) is 0 Å². The van der Waals surface area contributed by atoms with E-state index in [2.05, 4.69) is 0 Å². The van der Waals surface area contributed by atoms with Crippen molar-refractivity contribution >= 4 is 10.0 Å². The van der Waals surface area contributed by atoms with Crippen molar-refractivity contribution in [3.63, 3.8) is 0 Å². The number of hydrogen-bond acceptors (Lipinski definition) is 4. The zero-order valence-corrected chi connectivity index (χ0v) is 12.8. The van der Waals surface area contributed by atoms with Crippen LogP contribution >= 0.6 is 0 Å². The summed E-state index contributed by atoms with van der Waals surface area (Å²) in [5.41, 5.74) is 0.815. The number of benzene rings is 1. The van der Waals surface area contributed by atoms with Gasteiger partial charge in [-0.1, -0.05) is 36.8 Å². The van der Waals surface area contributed by atoms with Crippen LogP contribution in [0.2, 0.25) is 0 Å². The average Bonchev–Trinajstić information content (AvgIpc) is 3.02. The molecule has 3 rings (SSSR count). The van der Waals surface area contributed by atoms with Gasteiger partial charge in [-0.3, -0.25) is 0 Å². The molecule has 2 aliphatic rings. The van der Waals surface area contributed by atoms with Crippen molar-refractivity contribution in [1.82, 2.24) is 4.31 Å². The van der Waals surface area contributed by atoms with E-state index in [9.17, 15) is 8.42 Å². The number of piperidine rings is 1. The number of nitrogens with zero attached hydrogens (tertiary/aromatic N) is 1. The fourth-order valence-corrected chi connectivity index (χ4v) is 4.82. The Balaban J connectivity index is 1.78. The highest BCUT2D eigenvalue weighted by Gasteiger charge is 2.39. The number of ether oxygens (including phenoxy) is 2. The smallest absolute Gasteiger partial charge is 0.218 e. The molecule has 116 valence electrons. The minimum absolute atomic E-state index is 0.0387. The van der Waals surface area contributed by atoms with Crippen molar-refractivity contribution in [2.24, 2.45) is 0 Å². The number of rotatable bonds is 4. The summed E-state index contributed by atoms with van der Waals surface area (Å²) in [6.07, 6.45) is 2.32. The zero-order valence-electron chi connectivity index (χ0n) is 12.0. The van der Waals surface area contributed by atoms with Crippen LogP contribution in [0.15, 0.2) is 30.3 Å². The first-order valence-corrected chi connectivity index (χ1v) is 9.04. The Morgan fingerprint density at radius 2 is 1.81 bits per heavy atom. The molecule has 2 heterocycles. The minimum Gasteiger partial charge on any atom is -0.349 e. The molecular weight excluding hydrogens is 290 g/mol. The first-order chi connectivity index (χ1) is 10.2. The minimum atomic E-state index is -3.35. The van der Waals surface area contributed by atoms with Crippen LogP contribution in [0.1, 0.15) is 24.8 Å². The van der Waals surface area contributed by atoms with E-state index in [1.165, 1.54) is 0 Å². The van der Waals surface area contributed by atoms with Crippen LogP contribution in [-0.4, -0.2) is 44.8 Å². The summed E-state index contributed by atoms with van der Waals surface area (Å²) >= 11 is 0. The van der Waals surface area contributed by atoms with Gasteiger partial charge in [0.1, 0.15) is 0 Å². The third kappa shape index (κ3) is 3.45. The van der Waals surface area contributed by atoms with Crippen LogP contribution in [-0.2, 0) is 25.2 Å². The maximum atomic E-state index is 12.7. The lowest BCUT2D eigenvalue weighted by molar-refractivity contribution is -0.0913. The van der Waals surface area contributed by atoms with Gasteiger partial charge < -0.3 is 9.47 Å². The van der Waals surface area contributed by atoms with Crippen molar-refractivity contribution < 1.29 is 17.9 Å². The molecule has 6 heteroatoms. The van der Waals surface area contributed by atoms with Crippen molar-refractivity contribution in [2.45, 2.75) is 37.3 Å². The first-order valence-electron chi connectivity index (χ1n) is 7.43. The van der Waals surface area contributed by atoms with E-state index in [0.29, 0.717) is 19.8 Å². The van der Waals surface area contributed by atoms with Crippen molar-refractivity contribution in [3.05, 3.63) is 35.9 Å². The van der Waals surface area contributed by atoms with E-state index in [-0.39, 0.29) is 11.8 Å². The summed E-state index contributed by atoms with van der Waals surface area (Å²) in [4.78, 5) is 0. The largest absolute Gasteiger partial charge is 0.349 e. The molecule has 0 aliphatic carbocycles. The Kier molecular flexibility index (Phi) is 4.59. The van der Waals surface area contributed by atoms with Crippen LogP contribution < -0.4 is 0 Å². The van der Waals surface area contributed by atoms with Gasteiger partial charge in [0.15, 0.2) is 6.29 Å². The molecule has 21 heavy (non-hydrogen) atoms. The Labute approximate surface area is 125 Å². The summed E-state index contributed by atoms with van der Waals surface area (Å²) in [5.74, 6) is 0.0387. The molecule has 1 aromatic carbocycles. The lowest BCUT2D eigenvalue weighted by Gasteiger charge is -2.36. The molecule has 1 atom stereocenters. The molecular formula is C15H21NO4S. The first kappa shape index (κ1) is 15.0. The fraction of sp³-hybridized carbons (Fsp3) is 0.600. The predicted octanol–water partition coefficient (Wildman–Crippen LogP) is 1.74. The quantitative estimate of drug-likeness (QED) is 0.850. The molecule has 2 fully saturated rings. The van der Waals surface area contributed by atoms with E-state index in [4.69, 9.17) is 9.47 Å². The summed E-state index contributed by atoms with van der Waals surface area (Å²) in [7, 11) is -3.35. The monoisotopic (exact) mass is 311 g/mol. The van der Waals surface area contributed by atoms with Crippen molar-refractivity contribution in [3.8, 4) is 0 Å². The Morgan fingerprint density at radius 1 is 1.10 bits per heavy atom. The molecule has 0 spiro atoms. The van der Waals surface area contributed by atoms with Gasteiger partial charge in [0.05, 0.1) is 25.0 Å². The predicted molar refractivity (Wildman–Crippen MR) is 79.1 cm³/mol. The second-order valence-electron chi connectivity index (χ2n) is 5.53. The summed E-state index contributed by atoms with van der Waals surface area (Å²) < 4.78 is 38.2. The molecule has 2 saturated heterocycles. The number of hydrogen-bond donors (Lipinski definition) is 0. The zero-order chi connectivity index (χ0) is 14.7. The van der Waals surface area contributed by atoms with E-state index in [1.54, 1.807) is 4.31 Å². The maximum absolute atomic E-state index is 12.7. The van der Waals surface area contributed by atoms with Gasteiger partial charge in [-0.25, -0.2) is 8.42 Å². The van der Waals surface area contributed by atoms with E-state index < -0.39 is 16.3 Å². The van der Waals surface area contributed by atoms with Crippen LogP contribution in [0.4, 0.5) is 0 Å². The molecule has 2 aliphatic heterocycles. The molecule has 0 N–H and O–H groups in total. The van der Waals surface area contributed by atoms with E-state index in [0.717, 1.165) is 24.8 Å². The molecule has 0 radical (unpaired) electrons. The summed E-state index contributed by atoms with van der Waals surface area (Å²) in [6.45, 7) is 1.66. The molecule has 0 saturated carbocycles. The lowest BCUT2D eigenvalue weighted by atomic mass is 10.0. The highest BCUT2D eigenvalue weighted by Crippen LogP contribution is 2.28. The Morgan fingerprint density at radius 3 is 2.52 bits per heavy atom. The van der Waals surface area contributed by atoms with Gasteiger partial charge in [-0.05, 0) is 18.4 Å². The summed E-state index contributed by atoms with van der Waals surface area (Å²) in [5, 5.41) is 0. The standard InChI is InChI=1S/C15H21NO4S/c17-21(18,12-13-6-2-1-3-7-13)16-9-5-4-8-14(16)15-19-10-11-20-15/h1-3,6-7,14-15H,4-5,8-12H2. The van der Waals surface area contributed by atoms with E-state index in [1.807, 2.05) is 30.3 Å². The normalized spacial score (nSPS) is 25.2. The molecule has 1 aromatic rings. The molecule has 1 unspecified atom stereocenters. The fourth-order valence-electron chi connectivity index (χ4n) is 3.01. The maximum Gasteiger partial charge on any atom is 0.218 e. The molecule has 0 amide bonds. The molecule has 0 aromatic heterocycles. The Hall–Kier alpha value is -0.950. The van der Waals surface area contributed by atoms with Crippen molar-refractivity contribution in [1.29, 1.82) is 0 Å². The third-order valence-corrected chi connectivity index (χ3v) is 5.88. The topological polar surface area (TPSA) is 55.8 Å². The van der Waals surface area contributed by atoms with E-state index >= 15 is 0 Å². The molecule has 0 bridgehead atoms. The van der Waals surface area contributed by atoms with Gasteiger partial charge in [0.25, 0.3) is 0 Å². The second kappa shape index (κ2) is 6.44. The Bertz CT molecular complexity index is 554.